The fourth-order valence-corrected chi connectivity index (χ4v) is 2.33. The number of nitrogens with zero attached hydrogens (tertiary/aromatic N) is 1. The largest absolute Gasteiger partial charge is 0.493 e. The lowest BCUT2D eigenvalue weighted by Gasteiger charge is -2.17. The van der Waals surface area contributed by atoms with Crippen molar-refractivity contribution < 1.29 is 19.1 Å². The quantitative estimate of drug-likeness (QED) is 0.482. The van der Waals surface area contributed by atoms with Crippen LogP contribution in [0, 0.1) is 0 Å². The van der Waals surface area contributed by atoms with Gasteiger partial charge in [-0.1, -0.05) is 32.8 Å². The number of hydrogen-bond acceptors (Lipinski definition) is 5. The first-order chi connectivity index (χ1) is 12.4. The van der Waals surface area contributed by atoms with Gasteiger partial charge in [-0.3, -0.25) is 9.59 Å². The molecule has 1 rings (SSSR count). The van der Waals surface area contributed by atoms with Crippen molar-refractivity contribution in [2.24, 2.45) is 5.73 Å². The minimum Gasteiger partial charge on any atom is -0.493 e. The molecule has 1 atom stereocenters. The molecular formula is C20H32N2O4. The maximum absolute atomic E-state index is 12.5. The van der Waals surface area contributed by atoms with E-state index in [1.54, 1.807) is 26.2 Å². The summed E-state index contributed by atoms with van der Waals surface area (Å²) in [5, 5.41) is 0. The average molecular weight is 364 g/mol. The van der Waals surface area contributed by atoms with Crippen molar-refractivity contribution in [2.45, 2.75) is 52.0 Å². The van der Waals surface area contributed by atoms with E-state index in [-0.39, 0.29) is 5.91 Å². The predicted molar refractivity (Wildman–Crippen MR) is 102 cm³/mol. The molecule has 1 amide bonds. The molecule has 0 fully saturated rings. The fourth-order valence-electron chi connectivity index (χ4n) is 2.33. The van der Waals surface area contributed by atoms with E-state index in [0.717, 1.165) is 31.2 Å². The number of amides is 1. The van der Waals surface area contributed by atoms with Crippen LogP contribution < -0.4 is 10.5 Å². The smallest absolute Gasteiger partial charge is 0.323 e. The molecule has 0 spiro atoms. The van der Waals surface area contributed by atoms with Gasteiger partial charge in [-0.2, -0.15) is 0 Å². The van der Waals surface area contributed by atoms with Gasteiger partial charge < -0.3 is 20.1 Å². The maximum atomic E-state index is 12.5. The van der Waals surface area contributed by atoms with E-state index in [2.05, 4.69) is 6.92 Å². The molecule has 2 N–H and O–H groups in total. The average Bonchev–Trinajstić information content (AvgIpc) is 2.62. The first-order valence-corrected chi connectivity index (χ1v) is 9.30. The zero-order valence-electron chi connectivity index (χ0n) is 16.4. The van der Waals surface area contributed by atoms with Gasteiger partial charge in [-0.15, -0.1) is 0 Å². The summed E-state index contributed by atoms with van der Waals surface area (Å²) in [5.41, 5.74) is 7.24. The highest BCUT2D eigenvalue weighted by atomic mass is 16.5. The Morgan fingerprint density at radius 1 is 1.12 bits per heavy atom. The Bertz CT molecular complexity index is 587. The molecule has 6 heteroatoms. The second kappa shape index (κ2) is 11.5. The van der Waals surface area contributed by atoms with Gasteiger partial charge in [0.05, 0.1) is 18.8 Å². The molecule has 146 valence electrons. The monoisotopic (exact) mass is 364 g/mol. The Morgan fingerprint density at radius 2 is 1.77 bits per heavy atom. The van der Waals surface area contributed by atoms with Crippen LogP contribution in [0.4, 0.5) is 0 Å². The van der Waals surface area contributed by atoms with E-state index in [0.29, 0.717) is 30.9 Å². The second-order valence-electron chi connectivity index (χ2n) is 6.56. The van der Waals surface area contributed by atoms with Crippen LogP contribution in [0.2, 0.25) is 0 Å². The van der Waals surface area contributed by atoms with Crippen molar-refractivity contribution in [2.75, 3.05) is 27.3 Å². The summed E-state index contributed by atoms with van der Waals surface area (Å²) < 4.78 is 10.9. The van der Waals surface area contributed by atoms with Crippen LogP contribution in [0.5, 0.6) is 5.75 Å². The summed E-state index contributed by atoms with van der Waals surface area (Å²) in [7, 11) is 3.39. The zero-order chi connectivity index (χ0) is 19.5. The number of hydrogen-bond donors (Lipinski definition) is 1. The summed E-state index contributed by atoms with van der Waals surface area (Å²) in [6.07, 6.45) is 4.03. The highest BCUT2D eigenvalue weighted by Gasteiger charge is 2.19. The van der Waals surface area contributed by atoms with Crippen molar-refractivity contribution in [1.82, 2.24) is 4.90 Å². The van der Waals surface area contributed by atoms with E-state index in [4.69, 9.17) is 15.2 Å². The predicted octanol–water partition coefficient (Wildman–Crippen LogP) is 2.78. The summed E-state index contributed by atoms with van der Waals surface area (Å²) >= 11 is 0. The Kier molecular flexibility index (Phi) is 9.73. The molecule has 26 heavy (non-hydrogen) atoms. The van der Waals surface area contributed by atoms with E-state index in [1.807, 2.05) is 13.0 Å². The number of nitrogens with two attached hydrogens (primary N) is 1. The molecule has 6 nitrogen and oxygen atoms in total. The van der Waals surface area contributed by atoms with E-state index in [9.17, 15) is 9.59 Å². The molecule has 1 aromatic rings. The van der Waals surface area contributed by atoms with Gasteiger partial charge in [0.1, 0.15) is 11.8 Å². The van der Waals surface area contributed by atoms with Crippen LogP contribution in [0.15, 0.2) is 18.2 Å². The van der Waals surface area contributed by atoms with Gasteiger partial charge in [0.2, 0.25) is 0 Å². The van der Waals surface area contributed by atoms with Gasteiger partial charge in [-0.05, 0) is 37.0 Å². The number of carbonyl (C=O) groups is 2. The number of esters is 1. The SMILES string of the molecule is CCCCOC(=O)[C@@H](N)Cc1ccc(OCCCC)c(C(=O)N(C)C)c1. The molecular weight excluding hydrogens is 332 g/mol. The molecule has 1 aromatic carbocycles. The highest BCUT2D eigenvalue weighted by Crippen LogP contribution is 2.23. The Morgan fingerprint density at radius 3 is 2.38 bits per heavy atom. The van der Waals surface area contributed by atoms with Crippen molar-refractivity contribution >= 4 is 11.9 Å². The molecule has 0 heterocycles. The highest BCUT2D eigenvalue weighted by molar-refractivity contribution is 5.96. The Balaban J connectivity index is 2.87. The molecule has 0 bridgehead atoms. The summed E-state index contributed by atoms with van der Waals surface area (Å²) in [6, 6.07) is 4.62. The van der Waals surface area contributed by atoms with Crippen LogP contribution in [-0.4, -0.2) is 50.1 Å². The third-order valence-corrected chi connectivity index (χ3v) is 3.94. The van der Waals surface area contributed by atoms with E-state index >= 15 is 0 Å². The van der Waals surface area contributed by atoms with Gasteiger partial charge in [0.25, 0.3) is 5.91 Å². The Hall–Kier alpha value is -2.08. The lowest BCUT2D eigenvalue weighted by Crippen LogP contribution is -2.34. The molecule has 0 unspecified atom stereocenters. The third-order valence-electron chi connectivity index (χ3n) is 3.94. The standard InChI is InChI=1S/C20H32N2O4/c1-5-7-11-25-18-10-9-15(13-16(18)19(23)22(3)4)14-17(21)20(24)26-12-8-6-2/h9-10,13,17H,5-8,11-12,14,21H2,1-4H3/t17-/m0/s1. The first kappa shape index (κ1) is 22.0. The summed E-state index contributed by atoms with van der Waals surface area (Å²) in [5.74, 6) is -0.000329. The normalized spacial score (nSPS) is 11.7. The van der Waals surface area contributed by atoms with Crippen molar-refractivity contribution in [3.05, 3.63) is 29.3 Å². The van der Waals surface area contributed by atoms with Gasteiger partial charge in [0, 0.05) is 14.1 Å². The molecule has 0 aromatic heterocycles. The third kappa shape index (κ3) is 7.04. The number of rotatable bonds is 11. The van der Waals surface area contributed by atoms with Crippen LogP contribution in [-0.2, 0) is 16.0 Å². The second-order valence-corrected chi connectivity index (χ2v) is 6.56. The number of ether oxygens (including phenoxy) is 2. The number of benzene rings is 1. The lowest BCUT2D eigenvalue weighted by molar-refractivity contribution is -0.145. The minimum absolute atomic E-state index is 0.141. The zero-order valence-corrected chi connectivity index (χ0v) is 16.4. The van der Waals surface area contributed by atoms with Gasteiger partial charge >= 0.3 is 5.97 Å². The molecule has 0 aliphatic heterocycles. The summed E-state index contributed by atoms with van der Waals surface area (Å²) in [4.78, 5) is 25.9. The maximum Gasteiger partial charge on any atom is 0.323 e. The molecule has 0 aliphatic carbocycles. The fraction of sp³-hybridized carbons (Fsp3) is 0.600. The molecule has 0 aliphatic rings. The van der Waals surface area contributed by atoms with Gasteiger partial charge in [0.15, 0.2) is 0 Å². The van der Waals surface area contributed by atoms with Crippen LogP contribution >= 0.6 is 0 Å². The molecule has 0 saturated heterocycles. The molecule has 0 radical (unpaired) electrons. The minimum atomic E-state index is -0.749. The van der Waals surface area contributed by atoms with Crippen molar-refractivity contribution in [3.63, 3.8) is 0 Å². The lowest BCUT2D eigenvalue weighted by atomic mass is 10.0. The van der Waals surface area contributed by atoms with Crippen LogP contribution in [0.1, 0.15) is 55.5 Å². The van der Waals surface area contributed by atoms with Crippen molar-refractivity contribution in [1.29, 1.82) is 0 Å². The topological polar surface area (TPSA) is 81.9 Å². The Labute approximate surface area is 156 Å². The number of carbonyl (C=O) groups excluding carboxylic acids is 2. The van der Waals surface area contributed by atoms with E-state index in [1.165, 1.54) is 4.90 Å². The molecule has 0 saturated carbocycles. The van der Waals surface area contributed by atoms with Gasteiger partial charge in [-0.25, -0.2) is 0 Å². The van der Waals surface area contributed by atoms with E-state index < -0.39 is 12.0 Å². The van der Waals surface area contributed by atoms with Crippen LogP contribution in [0.25, 0.3) is 0 Å². The first-order valence-electron chi connectivity index (χ1n) is 9.30. The van der Waals surface area contributed by atoms with Crippen LogP contribution in [0.3, 0.4) is 0 Å². The number of unbranched alkanes of at least 4 members (excludes halogenated alkanes) is 2. The summed E-state index contributed by atoms with van der Waals surface area (Å²) in [6.45, 7) is 5.06. The van der Waals surface area contributed by atoms with Crippen molar-refractivity contribution in [3.8, 4) is 5.75 Å².